The molecule has 122 valence electrons. The van der Waals surface area contributed by atoms with Gasteiger partial charge in [0, 0.05) is 17.1 Å². The summed E-state index contributed by atoms with van der Waals surface area (Å²) in [5.41, 5.74) is 6.89. The largest absolute Gasteiger partial charge is 0.256 e. The van der Waals surface area contributed by atoms with Gasteiger partial charge >= 0.3 is 0 Å². The number of pyridine rings is 1. The quantitative estimate of drug-likeness (QED) is 0.527. The van der Waals surface area contributed by atoms with Crippen LogP contribution in [-0.2, 0) is 0 Å². The normalized spacial score (nSPS) is 16.5. The van der Waals surface area contributed by atoms with Gasteiger partial charge in [-0.15, -0.1) is 0 Å². The molecule has 0 unspecified atom stereocenters. The smallest absolute Gasteiger partial charge is 0.0840 e. The first-order valence-electron chi connectivity index (χ1n) is 9.94. The van der Waals surface area contributed by atoms with Gasteiger partial charge in [-0.25, -0.2) is 0 Å². The molecule has 0 radical (unpaired) electrons. The third kappa shape index (κ3) is 2.73. The molecule has 2 aromatic carbocycles. The predicted octanol–water partition coefficient (Wildman–Crippen LogP) is 6.48. The van der Waals surface area contributed by atoms with Crippen LogP contribution < -0.4 is 0 Å². The minimum absolute atomic E-state index is 0.0629. The van der Waals surface area contributed by atoms with Crippen molar-refractivity contribution in [3.8, 4) is 11.3 Å². The molecule has 1 aliphatic rings. The highest BCUT2D eigenvalue weighted by Gasteiger charge is 2.19. The van der Waals surface area contributed by atoms with Crippen LogP contribution in [0.4, 0.5) is 0 Å². The highest BCUT2D eigenvalue weighted by atomic mass is 14.7. The highest BCUT2D eigenvalue weighted by molar-refractivity contribution is 5.95. The summed E-state index contributed by atoms with van der Waals surface area (Å²) in [6, 6.07) is 11.0. The SMILES string of the molecule is [2H]c1nc(-c2cc(C)cc(C)c2)c2cc(C)c(C3CCCC3)cc2c1[2H]. The number of aromatic nitrogens is 1. The predicted molar refractivity (Wildman–Crippen MR) is 103 cm³/mol. The van der Waals surface area contributed by atoms with Gasteiger partial charge in [-0.1, -0.05) is 36.1 Å². The van der Waals surface area contributed by atoms with E-state index >= 15 is 0 Å². The molecule has 0 amide bonds. The summed E-state index contributed by atoms with van der Waals surface area (Å²) in [6.07, 6.45) is 5.13. The highest BCUT2D eigenvalue weighted by Crippen LogP contribution is 2.38. The van der Waals surface area contributed by atoms with E-state index in [2.05, 4.69) is 56.1 Å². The van der Waals surface area contributed by atoms with E-state index in [1.807, 2.05) is 0 Å². The summed E-state index contributed by atoms with van der Waals surface area (Å²) in [5.74, 6) is 0.603. The van der Waals surface area contributed by atoms with E-state index in [-0.39, 0.29) is 12.2 Å². The van der Waals surface area contributed by atoms with E-state index in [9.17, 15) is 0 Å². The lowest BCUT2D eigenvalue weighted by molar-refractivity contribution is 0.719. The van der Waals surface area contributed by atoms with Crippen molar-refractivity contribution in [3.05, 3.63) is 64.8 Å². The second-order valence-electron chi connectivity index (χ2n) is 7.31. The Morgan fingerprint density at radius 2 is 1.67 bits per heavy atom. The Morgan fingerprint density at radius 3 is 2.38 bits per heavy atom. The van der Waals surface area contributed by atoms with Crippen LogP contribution in [0.15, 0.2) is 42.5 Å². The molecule has 0 aliphatic heterocycles. The first kappa shape index (κ1) is 13.2. The summed E-state index contributed by atoms with van der Waals surface area (Å²) in [5, 5.41) is 1.86. The van der Waals surface area contributed by atoms with E-state index in [0.717, 1.165) is 22.0 Å². The zero-order valence-corrected chi connectivity index (χ0v) is 14.7. The standard InChI is InChI=1S/C23H25N/c1-15-10-16(2)12-20(11-15)23-22-13-17(3)21(18-6-4-5-7-18)14-19(22)8-9-24-23/h8-14,18H,4-7H2,1-3H3/i8D,9D. The fourth-order valence-electron chi connectivity index (χ4n) is 4.24. The minimum atomic E-state index is 0.0629. The zero-order chi connectivity index (χ0) is 18.4. The maximum absolute atomic E-state index is 8.42. The first-order chi connectivity index (χ1) is 12.4. The molecule has 1 heterocycles. The molecule has 1 aromatic heterocycles. The third-order valence-electron chi connectivity index (χ3n) is 5.31. The van der Waals surface area contributed by atoms with E-state index < -0.39 is 0 Å². The van der Waals surface area contributed by atoms with Gasteiger partial charge in [-0.3, -0.25) is 4.98 Å². The molecule has 1 fully saturated rings. The van der Waals surface area contributed by atoms with Crippen molar-refractivity contribution in [3.63, 3.8) is 0 Å². The van der Waals surface area contributed by atoms with Crippen molar-refractivity contribution in [2.75, 3.05) is 0 Å². The zero-order valence-electron chi connectivity index (χ0n) is 16.7. The van der Waals surface area contributed by atoms with Gasteiger partial charge in [-0.05, 0) is 80.3 Å². The van der Waals surface area contributed by atoms with E-state index in [4.69, 9.17) is 2.74 Å². The Hall–Kier alpha value is -2.15. The molecular weight excluding hydrogens is 290 g/mol. The number of nitrogens with zero attached hydrogens (tertiary/aromatic N) is 1. The second-order valence-corrected chi connectivity index (χ2v) is 7.31. The number of hydrogen-bond acceptors (Lipinski definition) is 1. The van der Waals surface area contributed by atoms with E-state index in [1.54, 1.807) is 0 Å². The molecule has 1 heteroatoms. The van der Waals surface area contributed by atoms with Crippen LogP contribution in [0.25, 0.3) is 22.0 Å². The van der Waals surface area contributed by atoms with Crippen LogP contribution >= 0.6 is 0 Å². The molecular formula is C23H25N. The molecule has 0 N–H and O–H groups in total. The van der Waals surface area contributed by atoms with E-state index in [1.165, 1.54) is 47.9 Å². The van der Waals surface area contributed by atoms with Gasteiger partial charge in [0.2, 0.25) is 0 Å². The van der Waals surface area contributed by atoms with Crippen molar-refractivity contribution >= 4 is 10.8 Å². The van der Waals surface area contributed by atoms with Crippen molar-refractivity contribution in [2.45, 2.75) is 52.4 Å². The Labute approximate surface area is 147 Å². The fraction of sp³-hybridized carbons (Fsp3) is 0.348. The van der Waals surface area contributed by atoms with Crippen molar-refractivity contribution in [2.24, 2.45) is 0 Å². The average Bonchev–Trinajstić information content (AvgIpc) is 3.11. The van der Waals surface area contributed by atoms with Crippen molar-refractivity contribution in [1.29, 1.82) is 0 Å². The maximum atomic E-state index is 8.42. The number of rotatable bonds is 2. The minimum Gasteiger partial charge on any atom is -0.256 e. The topological polar surface area (TPSA) is 12.9 Å². The summed E-state index contributed by atoms with van der Waals surface area (Å²) >= 11 is 0. The number of aryl methyl sites for hydroxylation is 3. The van der Waals surface area contributed by atoms with E-state index in [0.29, 0.717) is 5.92 Å². The van der Waals surface area contributed by atoms with Gasteiger partial charge < -0.3 is 0 Å². The molecule has 0 bridgehead atoms. The molecule has 1 saturated carbocycles. The van der Waals surface area contributed by atoms with Gasteiger partial charge in [0.1, 0.15) is 0 Å². The molecule has 24 heavy (non-hydrogen) atoms. The van der Waals surface area contributed by atoms with Crippen molar-refractivity contribution < 1.29 is 2.74 Å². The third-order valence-corrected chi connectivity index (χ3v) is 5.31. The Morgan fingerprint density at radius 1 is 0.958 bits per heavy atom. The number of fused-ring (bicyclic) bond motifs is 1. The van der Waals surface area contributed by atoms with Gasteiger partial charge in [0.25, 0.3) is 0 Å². The summed E-state index contributed by atoms with van der Waals surface area (Å²) in [6.45, 7) is 6.35. The van der Waals surface area contributed by atoms with Crippen LogP contribution in [0, 0.1) is 20.8 Å². The molecule has 1 aliphatic carbocycles. The summed E-state index contributed by atoms with van der Waals surface area (Å²) < 4.78 is 16.7. The van der Waals surface area contributed by atoms with Crippen molar-refractivity contribution in [1.82, 2.24) is 4.98 Å². The summed E-state index contributed by atoms with van der Waals surface area (Å²) in [7, 11) is 0. The van der Waals surface area contributed by atoms with Crippen LogP contribution in [0.1, 0.15) is 56.6 Å². The molecule has 0 atom stereocenters. The number of hydrogen-bond donors (Lipinski definition) is 0. The van der Waals surface area contributed by atoms with Crippen LogP contribution in [0.5, 0.6) is 0 Å². The fourth-order valence-corrected chi connectivity index (χ4v) is 4.24. The van der Waals surface area contributed by atoms with Crippen LogP contribution in [-0.4, -0.2) is 4.98 Å². The summed E-state index contributed by atoms with van der Waals surface area (Å²) in [4.78, 5) is 4.50. The monoisotopic (exact) mass is 317 g/mol. The van der Waals surface area contributed by atoms with Crippen LogP contribution in [0.2, 0.25) is 0 Å². The maximum Gasteiger partial charge on any atom is 0.0840 e. The lowest BCUT2D eigenvalue weighted by Crippen LogP contribution is -1.97. The van der Waals surface area contributed by atoms with Crippen LogP contribution in [0.3, 0.4) is 0 Å². The second kappa shape index (κ2) is 6.05. The molecule has 1 nitrogen and oxygen atoms in total. The van der Waals surface area contributed by atoms with Gasteiger partial charge in [0.15, 0.2) is 0 Å². The Kier molecular flexibility index (Phi) is 3.32. The molecule has 3 aromatic rings. The average molecular weight is 317 g/mol. The Bertz CT molecular complexity index is 981. The number of benzene rings is 2. The molecule has 0 spiro atoms. The van der Waals surface area contributed by atoms with Gasteiger partial charge in [-0.2, -0.15) is 0 Å². The molecule has 0 saturated heterocycles. The Balaban J connectivity index is 1.99. The van der Waals surface area contributed by atoms with Gasteiger partial charge in [0.05, 0.1) is 8.44 Å². The first-order valence-corrected chi connectivity index (χ1v) is 8.94. The lowest BCUT2D eigenvalue weighted by atomic mass is 9.90. The molecule has 4 rings (SSSR count). The lowest BCUT2D eigenvalue weighted by Gasteiger charge is -2.16.